The fourth-order valence-electron chi connectivity index (χ4n) is 1.63. The van der Waals surface area contributed by atoms with Crippen molar-refractivity contribution >= 4 is 33.0 Å². The smallest absolute Gasteiger partial charge is 0.141 e. The number of hydrogen-bond acceptors (Lipinski definition) is 3. The average Bonchev–Trinajstić information content (AvgIpc) is 2.78. The third-order valence-corrected chi connectivity index (χ3v) is 4.56. The van der Waals surface area contributed by atoms with Gasteiger partial charge in [0, 0.05) is 15.0 Å². The zero-order valence-corrected chi connectivity index (χ0v) is 12.0. The van der Waals surface area contributed by atoms with Gasteiger partial charge in [-0.1, -0.05) is 0 Å². The summed E-state index contributed by atoms with van der Waals surface area (Å²) in [5, 5.41) is 14.0. The van der Waals surface area contributed by atoms with Crippen molar-refractivity contribution in [3.63, 3.8) is 0 Å². The summed E-state index contributed by atoms with van der Waals surface area (Å²) >= 11 is 5.12. The highest BCUT2D eigenvalue weighted by Gasteiger charge is 2.11. The summed E-state index contributed by atoms with van der Waals surface area (Å²) in [6.07, 6.45) is 0. The lowest BCUT2D eigenvalue weighted by atomic mass is 10.2. The van der Waals surface area contributed by atoms with E-state index in [2.05, 4.69) is 21.2 Å². The molecular formula is C13H10BrFN2S. The van der Waals surface area contributed by atoms with Gasteiger partial charge in [-0.3, -0.25) is 0 Å². The highest BCUT2D eigenvalue weighted by atomic mass is 79.9. The third-order valence-electron chi connectivity index (χ3n) is 2.51. The zero-order chi connectivity index (χ0) is 13.1. The lowest BCUT2D eigenvalue weighted by Crippen LogP contribution is -2.05. The van der Waals surface area contributed by atoms with Crippen molar-refractivity contribution < 1.29 is 4.39 Å². The van der Waals surface area contributed by atoms with Crippen LogP contribution in [0.25, 0.3) is 0 Å². The van der Waals surface area contributed by atoms with Gasteiger partial charge >= 0.3 is 0 Å². The second-order valence-electron chi connectivity index (χ2n) is 3.81. The van der Waals surface area contributed by atoms with Gasteiger partial charge in [-0.05, 0) is 52.5 Å². The van der Waals surface area contributed by atoms with Crippen molar-refractivity contribution in [2.75, 3.05) is 5.32 Å². The quantitative estimate of drug-likeness (QED) is 0.888. The molecule has 1 unspecified atom stereocenters. The van der Waals surface area contributed by atoms with Crippen molar-refractivity contribution in [2.24, 2.45) is 0 Å². The van der Waals surface area contributed by atoms with Crippen LogP contribution >= 0.6 is 27.3 Å². The highest BCUT2D eigenvalue weighted by molar-refractivity contribution is 9.10. The molecule has 1 N–H and O–H groups in total. The third kappa shape index (κ3) is 2.71. The van der Waals surface area contributed by atoms with Crippen LogP contribution in [0.15, 0.2) is 34.1 Å². The normalized spacial score (nSPS) is 11.9. The second kappa shape index (κ2) is 5.51. The summed E-state index contributed by atoms with van der Waals surface area (Å²) < 4.78 is 14.2. The van der Waals surface area contributed by atoms with Crippen LogP contribution in [0.5, 0.6) is 0 Å². The van der Waals surface area contributed by atoms with Crippen LogP contribution in [0.4, 0.5) is 10.1 Å². The van der Waals surface area contributed by atoms with Crippen molar-refractivity contribution in [1.82, 2.24) is 0 Å². The van der Waals surface area contributed by atoms with Gasteiger partial charge in [0.1, 0.15) is 11.9 Å². The van der Waals surface area contributed by atoms with Gasteiger partial charge in [0.25, 0.3) is 0 Å². The Morgan fingerprint density at radius 2 is 2.22 bits per heavy atom. The molecule has 1 heterocycles. The van der Waals surface area contributed by atoms with E-state index in [0.29, 0.717) is 0 Å². The molecule has 0 saturated carbocycles. The summed E-state index contributed by atoms with van der Waals surface area (Å²) in [7, 11) is 0. The summed E-state index contributed by atoms with van der Waals surface area (Å²) in [5.41, 5.74) is 0.790. The van der Waals surface area contributed by atoms with E-state index in [4.69, 9.17) is 5.26 Å². The number of anilines is 1. The molecule has 2 rings (SSSR count). The summed E-state index contributed by atoms with van der Waals surface area (Å²) in [5.74, 6) is -0.493. The van der Waals surface area contributed by atoms with E-state index in [1.165, 1.54) is 12.1 Å². The van der Waals surface area contributed by atoms with E-state index in [0.717, 1.165) is 15.0 Å². The topological polar surface area (TPSA) is 35.8 Å². The van der Waals surface area contributed by atoms with Gasteiger partial charge in [-0.15, -0.1) is 11.3 Å². The molecule has 0 fully saturated rings. The maximum absolute atomic E-state index is 13.2. The minimum Gasteiger partial charge on any atom is -0.378 e. The first-order valence-corrected chi connectivity index (χ1v) is 6.98. The lowest BCUT2D eigenvalue weighted by Gasteiger charge is -2.14. The van der Waals surface area contributed by atoms with Gasteiger partial charge < -0.3 is 5.32 Å². The van der Waals surface area contributed by atoms with E-state index in [-0.39, 0.29) is 11.6 Å². The number of nitriles is 1. The van der Waals surface area contributed by atoms with E-state index in [1.807, 2.05) is 24.4 Å². The fourth-order valence-corrected chi connectivity index (χ4v) is 3.36. The Morgan fingerprint density at radius 3 is 2.83 bits per heavy atom. The van der Waals surface area contributed by atoms with Crippen molar-refractivity contribution in [1.29, 1.82) is 5.26 Å². The first kappa shape index (κ1) is 13.1. The molecule has 2 aromatic rings. The van der Waals surface area contributed by atoms with Crippen LogP contribution in [0.1, 0.15) is 23.4 Å². The largest absolute Gasteiger partial charge is 0.378 e. The Hall–Kier alpha value is -1.38. The first-order chi connectivity index (χ1) is 8.61. The van der Waals surface area contributed by atoms with Crippen LogP contribution in [-0.2, 0) is 0 Å². The van der Waals surface area contributed by atoms with Gasteiger partial charge in [0.05, 0.1) is 11.6 Å². The van der Waals surface area contributed by atoms with Crippen LogP contribution in [0.2, 0.25) is 0 Å². The lowest BCUT2D eigenvalue weighted by molar-refractivity contribution is 0.624. The van der Waals surface area contributed by atoms with Crippen molar-refractivity contribution in [3.05, 3.63) is 50.4 Å². The van der Waals surface area contributed by atoms with Crippen LogP contribution in [-0.4, -0.2) is 0 Å². The molecule has 0 spiro atoms. The molecule has 0 aliphatic heterocycles. The number of hydrogen-bond donors (Lipinski definition) is 1. The van der Waals surface area contributed by atoms with Crippen molar-refractivity contribution in [3.8, 4) is 6.07 Å². The molecule has 5 heteroatoms. The molecule has 0 aliphatic carbocycles. The summed E-state index contributed by atoms with van der Waals surface area (Å²) in [6.45, 7) is 2.02. The molecular weight excluding hydrogens is 315 g/mol. The Kier molecular flexibility index (Phi) is 4.00. The minimum absolute atomic E-state index is 0.0532. The minimum atomic E-state index is -0.493. The number of halogens is 2. The van der Waals surface area contributed by atoms with Crippen LogP contribution in [0, 0.1) is 17.1 Å². The molecule has 2 nitrogen and oxygen atoms in total. The van der Waals surface area contributed by atoms with E-state index in [1.54, 1.807) is 17.4 Å². The number of nitrogens with zero attached hydrogens (tertiary/aromatic N) is 1. The van der Waals surface area contributed by atoms with Crippen LogP contribution in [0.3, 0.4) is 0 Å². The first-order valence-electron chi connectivity index (χ1n) is 5.31. The van der Waals surface area contributed by atoms with Gasteiger partial charge in [-0.2, -0.15) is 5.26 Å². The van der Waals surface area contributed by atoms with E-state index < -0.39 is 5.82 Å². The van der Waals surface area contributed by atoms with Gasteiger partial charge in [0.2, 0.25) is 0 Å². The molecule has 1 aromatic heterocycles. The van der Waals surface area contributed by atoms with Gasteiger partial charge in [-0.25, -0.2) is 4.39 Å². The maximum Gasteiger partial charge on any atom is 0.141 e. The fraction of sp³-hybridized carbons (Fsp3) is 0.154. The Labute approximate surface area is 117 Å². The second-order valence-corrected chi connectivity index (χ2v) is 5.61. The highest BCUT2D eigenvalue weighted by Crippen LogP contribution is 2.31. The number of rotatable bonds is 3. The van der Waals surface area contributed by atoms with E-state index in [9.17, 15) is 4.39 Å². The number of nitrogens with one attached hydrogen (secondary N) is 1. The zero-order valence-electron chi connectivity index (χ0n) is 9.58. The standard InChI is InChI=1S/C13H10BrFN2S/c1-8(13-11(14)4-5-18-13)17-10-2-3-12(15)9(6-10)7-16/h2-6,8,17H,1H3. The van der Waals surface area contributed by atoms with Gasteiger partial charge in [0.15, 0.2) is 0 Å². The monoisotopic (exact) mass is 324 g/mol. The SMILES string of the molecule is CC(Nc1ccc(F)c(C#N)c1)c1sccc1Br. The Morgan fingerprint density at radius 1 is 1.44 bits per heavy atom. The maximum atomic E-state index is 13.2. The Balaban J connectivity index is 2.20. The molecule has 92 valence electrons. The summed E-state index contributed by atoms with van der Waals surface area (Å²) in [4.78, 5) is 1.16. The number of thiophene rings is 1. The molecule has 0 aliphatic rings. The molecule has 0 radical (unpaired) electrons. The summed E-state index contributed by atoms with van der Waals surface area (Å²) in [6, 6.07) is 8.37. The molecule has 1 atom stereocenters. The Bertz CT molecular complexity index is 603. The van der Waals surface area contributed by atoms with Crippen molar-refractivity contribution in [2.45, 2.75) is 13.0 Å². The number of benzene rings is 1. The molecule has 0 saturated heterocycles. The average molecular weight is 325 g/mol. The molecule has 18 heavy (non-hydrogen) atoms. The molecule has 0 bridgehead atoms. The van der Waals surface area contributed by atoms with E-state index >= 15 is 0 Å². The molecule has 1 aromatic carbocycles. The van der Waals surface area contributed by atoms with Crippen LogP contribution < -0.4 is 5.32 Å². The molecule has 0 amide bonds. The predicted molar refractivity (Wildman–Crippen MR) is 75.2 cm³/mol. The predicted octanol–water partition coefficient (Wildman–Crippen LogP) is 4.69.